The van der Waals surface area contributed by atoms with Crippen LogP contribution in [0.15, 0.2) is 52.6 Å². The van der Waals surface area contributed by atoms with E-state index in [4.69, 9.17) is 24.2 Å². The first-order valence-corrected chi connectivity index (χ1v) is 12.6. The van der Waals surface area contributed by atoms with Crippen LogP contribution in [0.3, 0.4) is 0 Å². The number of nitrogens with zero attached hydrogens (tertiary/aromatic N) is 2. The number of anilines is 1. The maximum Gasteiger partial charge on any atom is 0.411 e. The van der Waals surface area contributed by atoms with Gasteiger partial charge in [0.1, 0.15) is 30.4 Å². The second-order valence-electron chi connectivity index (χ2n) is 7.15. The van der Waals surface area contributed by atoms with Crippen LogP contribution in [0, 0.1) is 11.3 Å². The quantitative estimate of drug-likeness (QED) is 0.204. The number of hydrogen-bond acceptors (Lipinski definition) is 10. The van der Waals surface area contributed by atoms with Gasteiger partial charge in [0.05, 0.1) is 47.7 Å². The van der Waals surface area contributed by atoms with Gasteiger partial charge in [0.25, 0.3) is 5.56 Å². The van der Waals surface area contributed by atoms with Crippen molar-refractivity contribution < 1.29 is 28.5 Å². The molecule has 184 valence electrons. The van der Waals surface area contributed by atoms with Crippen LogP contribution in [0.1, 0.15) is 15.9 Å². The van der Waals surface area contributed by atoms with Gasteiger partial charge in [-0.2, -0.15) is 5.26 Å². The first kappa shape index (κ1) is 24.8. The molecule has 2 aliphatic heterocycles. The fourth-order valence-corrected chi connectivity index (χ4v) is 5.55. The molecule has 12 heteroatoms. The molecule has 36 heavy (non-hydrogen) atoms. The Morgan fingerprint density at radius 3 is 2.50 bits per heavy atom. The Kier molecular flexibility index (Phi) is 7.53. The zero-order valence-electron chi connectivity index (χ0n) is 19.1. The van der Waals surface area contributed by atoms with Crippen molar-refractivity contribution in [1.29, 1.82) is 5.26 Å². The predicted molar refractivity (Wildman–Crippen MR) is 134 cm³/mol. The number of nitriles is 1. The van der Waals surface area contributed by atoms with E-state index in [2.05, 4.69) is 5.32 Å². The topological polar surface area (TPSA) is 129 Å². The molecule has 0 spiro atoms. The van der Waals surface area contributed by atoms with E-state index < -0.39 is 17.6 Å². The molecule has 0 saturated carbocycles. The van der Waals surface area contributed by atoms with Gasteiger partial charge in [0.2, 0.25) is 0 Å². The molecule has 4 rings (SSSR count). The van der Waals surface area contributed by atoms with Crippen LogP contribution in [0.4, 0.5) is 10.5 Å². The Hall–Kier alpha value is -4.34. The molecule has 1 N–H and O–H groups in total. The highest BCUT2D eigenvalue weighted by Crippen LogP contribution is 2.40. The lowest BCUT2D eigenvalue weighted by Gasteiger charge is -2.11. The van der Waals surface area contributed by atoms with Crippen LogP contribution in [0.2, 0.25) is 0 Å². The number of carbonyl (C=O) groups excluding carboxylic acids is 2. The molecule has 0 atom stereocenters. The van der Waals surface area contributed by atoms with E-state index in [9.17, 15) is 14.4 Å². The molecule has 2 aliphatic rings. The maximum absolute atomic E-state index is 13.3. The van der Waals surface area contributed by atoms with Crippen molar-refractivity contribution in [3.8, 4) is 33.8 Å². The smallest absolute Gasteiger partial charge is 0.411 e. The molecule has 0 radical (unpaired) electrons. The Morgan fingerprint density at radius 1 is 1.06 bits per heavy atom. The maximum atomic E-state index is 13.3. The number of rotatable bonds is 8. The summed E-state index contributed by atoms with van der Waals surface area (Å²) in [6.45, 7) is -0.401. The molecule has 0 aliphatic carbocycles. The van der Waals surface area contributed by atoms with Crippen molar-refractivity contribution in [2.24, 2.45) is 0 Å². The van der Waals surface area contributed by atoms with E-state index in [0.717, 1.165) is 0 Å². The average Bonchev–Trinajstić information content (AvgIpc) is 3.47. The number of fused-ring (bicyclic) bond motifs is 1. The van der Waals surface area contributed by atoms with Crippen LogP contribution in [0.25, 0.3) is 16.3 Å². The van der Waals surface area contributed by atoms with Crippen molar-refractivity contribution in [2.45, 2.75) is 0 Å². The molecular formula is C24H19N3O7S2. The second kappa shape index (κ2) is 10.9. The molecule has 2 heterocycles. The summed E-state index contributed by atoms with van der Waals surface area (Å²) in [5.74, 6) is 0.386. The molecule has 10 nitrogen and oxygen atoms in total. The van der Waals surface area contributed by atoms with Gasteiger partial charge in [-0.25, -0.2) is 9.59 Å². The van der Waals surface area contributed by atoms with E-state index in [0.29, 0.717) is 33.3 Å². The van der Waals surface area contributed by atoms with Gasteiger partial charge >= 0.3 is 12.1 Å². The molecular weight excluding hydrogens is 506 g/mol. The molecule has 0 unspecified atom stereocenters. The Balaban J connectivity index is 1.42. The average molecular weight is 526 g/mol. The molecule has 0 aromatic heterocycles. The van der Waals surface area contributed by atoms with E-state index in [-0.39, 0.29) is 24.5 Å². The molecule has 1 amide bonds. The van der Waals surface area contributed by atoms with E-state index in [1.807, 2.05) is 11.4 Å². The van der Waals surface area contributed by atoms with Crippen molar-refractivity contribution in [3.63, 3.8) is 0 Å². The van der Waals surface area contributed by atoms with Gasteiger partial charge in [-0.1, -0.05) is 20.7 Å². The van der Waals surface area contributed by atoms with Gasteiger partial charge in [-0.15, -0.1) is 0 Å². The van der Waals surface area contributed by atoms with Gasteiger partial charge < -0.3 is 18.9 Å². The van der Waals surface area contributed by atoms with Crippen LogP contribution in [-0.2, 0) is 9.47 Å². The second-order valence-corrected chi connectivity index (χ2v) is 9.23. The lowest BCUT2D eigenvalue weighted by Crippen LogP contribution is -2.23. The highest BCUT2D eigenvalue weighted by molar-refractivity contribution is 7.70. The summed E-state index contributed by atoms with van der Waals surface area (Å²) >= 11 is 0. The van der Waals surface area contributed by atoms with Crippen molar-refractivity contribution in [3.05, 3.63) is 69.3 Å². The minimum absolute atomic E-state index is 0.0775. The number of ether oxygens (including phenoxy) is 4. The fraction of sp³-hybridized carbons (Fsp3) is 0.167. The van der Waals surface area contributed by atoms with Gasteiger partial charge in [-0.05, 0) is 36.4 Å². The molecule has 2 aromatic carbocycles. The fourth-order valence-electron chi connectivity index (χ4n) is 3.35. The van der Waals surface area contributed by atoms with E-state index >= 15 is 0 Å². The number of amides is 1. The number of benzene rings is 2. The first-order valence-electron chi connectivity index (χ1n) is 10.4. The summed E-state index contributed by atoms with van der Waals surface area (Å²) in [5, 5.41) is 13.1. The van der Waals surface area contributed by atoms with Crippen molar-refractivity contribution in [1.82, 2.24) is 4.57 Å². The largest absolute Gasteiger partial charge is 0.497 e. The highest BCUT2D eigenvalue weighted by Gasteiger charge is 2.27. The SMILES string of the molecule is COc1ccc(-n2c3cssc-3c(NC(=O)OCCOC(=O)c3ccc(C#N)cc3)c2=O)c(OC)c1. The highest BCUT2D eigenvalue weighted by atomic mass is 32.9. The zero-order chi connectivity index (χ0) is 25.7. The third kappa shape index (κ3) is 5.02. The summed E-state index contributed by atoms with van der Waals surface area (Å²) < 4.78 is 22.3. The lowest BCUT2D eigenvalue weighted by atomic mass is 10.1. The number of aromatic nitrogens is 1. The Morgan fingerprint density at radius 2 is 1.81 bits per heavy atom. The normalized spacial score (nSPS) is 10.5. The van der Waals surface area contributed by atoms with Crippen molar-refractivity contribution in [2.75, 3.05) is 32.8 Å². The number of carbonyl (C=O) groups is 2. The summed E-state index contributed by atoms with van der Waals surface area (Å²) in [5.41, 5.74) is 1.43. The summed E-state index contributed by atoms with van der Waals surface area (Å²) in [6.07, 6.45) is -0.860. The number of nitrogens with one attached hydrogen (secondary N) is 1. The minimum Gasteiger partial charge on any atom is -0.497 e. The molecule has 0 saturated heterocycles. The van der Waals surface area contributed by atoms with E-state index in [1.165, 1.54) is 63.7 Å². The van der Waals surface area contributed by atoms with Crippen LogP contribution in [0.5, 0.6) is 11.5 Å². The standard InChI is InChI=1S/C24H19N3O7S2/c1-31-16-7-8-17(19(11-16)32-2)27-18-13-35-36-21(18)20(22(27)28)26-24(30)34-10-9-33-23(29)15-5-3-14(12-25)4-6-15/h3-8,11,13H,9-10H2,1-2H3,(H,26,30). The first-order chi connectivity index (χ1) is 17.5. The monoisotopic (exact) mass is 525 g/mol. The number of hydrogen-bond donors (Lipinski definition) is 1. The van der Waals surface area contributed by atoms with Crippen LogP contribution < -0.4 is 20.3 Å². The van der Waals surface area contributed by atoms with Crippen LogP contribution in [-0.4, -0.2) is 44.1 Å². The third-order valence-electron chi connectivity index (χ3n) is 5.06. The number of esters is 1. The summed E-state index contributed by atoms with van der Waals surface area (Å²) in [6, 6.07) is 13.0. The van der Waals surface area contributed by atoms with Crippen molar-refractivity contribution >= 4 is 38.4 Å². The Bertz CT molecular complexity index is 1460. The minimum atomic E-state index is -0.860. The van der Waals surface area contributed by atoms with Crippen LogP contribution >= 0.6 is 20.7 Å². The van der Waals surface area contributed by atoms with Gasteiger partial charge in [-0.3, -0.25) is 14.7 Å². The Labute approximate surface area is 212 Å². The predicted octanol–water partition coefficient (Wildman–Crippen LogP) is 4.36. The zero-order valence-corrected chi connectivity index (χ0v) is 20.7. The number of methoxy groups -OCH3 is 2. The summed E-state index contributed by atoms with van der Waals surface area (Å²) in [4.78, 5) is 38.3. The van der Waals surface area contributed by atoms with Gasteiger partial charge in [0, 0.05) is 11.4 Å². The van der Waals surface area contributed by atoms with E-state index in [1.54, 1.807) is 18.2 Å². The third-order valence-corrected chi connectivity index (χ3v) is 7.14. The lowest BCUT2D eigenvalue weighted by molar-refractivity contribution is 0.0412. The molecule has 0 fully saturated rings. The summed E-state index contributed by atoms with van der Waals surface area (Å²) in [7, 11) is 5.77. The van der Waals surface area contributed by atoms with Gasteiger partial charge in [0.15, 0.2) is 0 Å². The molecule has 2 aromatic rings. The molecule has 0 bridgehead atoms.